The second-order valence-corrected chi connectivity index (χ2v) is 5.03. The molecule has 1 aliphatic heterocycles. The highest BCUT2D eigenvalue weighted by molar-refractivity contribution is 6.30. The highest BCUT2D eigenvalue weighted by atomic mass is 35.5. The Bertz CT molecular complexity index is 463. The summed E-state index contributed by atoms with van der Waals surface area (Å²) in [5.41, 5.74) is -0.0205. The highest BCUT2D eigenvalue weighted by Gasteiger charge is 2.28. The summed E-state index contributed by atoms with van der Waals surface area (Å²) in [5, 5.41) is 14.7. The summed E-state index contributed by atoms with van der Waals surface area (Å²) < 4.78 is 0. The van der Waals surface area contributed by atoms with E-state index >= 15 is 0 Å². The normalized spacial score (nSPS) is 18.5. The zero-order valence-electron chi connectivity index (χ0n) is 10.8. The van der Waals surface area contributed by atoms with E-state index in [-0.39, 0.29) is 16.8 Å². The quantitative estimate of drug-likeness (QED) is 0.663. The molecule has 19 heavy (non-hydrogen) atoms. The van der Waals surface area contributed by atoms with Crippen molar-refractivity contribution in [1.82, 2.24) is 10.3 Å². The van der Waals surface area contributed by atoms with Crippen LogP contribution in [0.5, 0.6) is 0 Å². The number of nitrogens with one attached hydrogen (secondary N) is 1. The topological polar surface area (TPSA) is 71.3 Å². The van der Waals surface area contributed by atoms with Crippen molar-refractivity contribution in [1.29, 1.82) is 0 Å². The van der Waals surface area contributed by atoms with Crippen molar-refractivity contribution in [2.75, 3.05) is 24.5 Å². The average Bonchev–Trinajstić information content (AvgIpc) is 2.90. The molecule has 1 atom stereocenters. The van der Waals surface area contributed by atoms with Gasteiger partial charge in [-0.2, -0.15) is 0 Å². The van der Waals surface area contributed by atoms with Crippen LogP contribution >= 0.6 is 11.6 Å². The summed E-state index contributed by atoms with van der Waals surface area (Å²) in [7, 11) is 0. The molecule has 0 radical (unpaired) electrons. The van der Waals surface area contributed by atoms with E-state index < -0.39 is 4.92 Å². The first-order valence-corrected chi connectivity index (χ1v) is 6.78. The Labute approximate surface area is 116 Å². The number of aromatic nitrogens is 1. The molecule has 1 fully saturated rings. The van der Waals surface area contributed by atoms with Crippen molar-refractivity contribution in [2.24, 2.45) is 0 Å². The Hall–Kier alpha value is -1.40. The Morgan fingerprint density at radius 1 is 1.68 bits per heavy atom. The maximum absolute atomic E-state index is 11.2. The molecule has 2 heterocycles. The highest BCUT2D eigenvalue weighted by Crippen LogP contribution is 2.30. The van der Waals surface area contributed by atoms with E-state index in [9.17, 15) is 10.1 Å². The van der Waals surface area contributed by atoms with Crippen molar-refractivity contribution in [3.63, 3.8) is 0 Å². The minimum atomic E-state index is -0.417. The Morgan fingerprint density at radius 2 is 2.47 bits per heavy atom. The number of nitro groups is 1. The number of pyridine rings is 1. The predicted octanol–water partition coefficient (Wildman–Crippen LogP) is 2.22. The molecule has 104 valence electrons. The van der Waals surface area contributed by atoms with E-state index in [0.717, 1.165) is 32.5 Å². The molecule has 0 bridgehead atoms. The lowest BCUT2D eigenvalue weighted by molar-refractivity contribution is -0.384. The molecule has 6 nitrogen and oxygen atoms in total. The average molecular weight is 285 g/mol. The van der Waals surface area contributed by atoms with Crippen molar-refractivity contribution in [3.8, 4) is 0 Å². The molecule has 0 spiro atoms. The first-order chi connectivity index (χ1) is 9.13. The fourth-order valence-electron chi connectivity index (χ4n) is 2.38. The minimum Gasteiger partial charge on any atom is -0.347 e. The Kier molecular flexibility index (Phi) is 4.55. The van der Waals surface area contributed by atoms with Gasteiger partial charge in [0.15, 0.2) is 0 Å². The van der Waals surface area contributed by atoms with Crippen LogP contribution in [0.15, 0.2) is 12.3 Å². The van der Waals surface area contributed by atoms with E-state index in [0.29, 0.717) is 5.82 Å². The van der Waals surface area contributed by atoms with E-state index in [2.05, 4.69) is 17.2 Å². The van der Waals surface area contributed by atoms with Gasteiger partial charge in [-0.05, 0) is 19.4 Å². The van der Waals surface area contributed by atoms with Gasteiger partial charge in [0, 0.05) is 31.4 Å². The number of hydrogen-bond donors (Lipinski definition) is 1. The summed E-state index contributed by atoms with van der Waals surface area (Å²) in [4.78, 5) is 17.0. The van der Waals surface area contributed by atoms with Crippen molar-refractivity contribution >= 4 is 23.1 Å². The largest absolute Gasteiger partial charge is 0.347 e. The van der Waals surface area contributed by atoms with Gasteiger partial charge < -0.3 is 10.2 Å². The molecule has 2 rings (SSSR count). The summed E-state index contributed by atoms with van der Waals surface area (Å²) >= 11 is 5.80. The van der Waals surface area contributed by atoms with E-state index in [1.165, 1.54) is 12.3 Å². The zero-order chi connectivity index (χ0) is 13.8. The van der Waals surface area contributed by atoms with Crippen molar-refractivity contribution in [2.45, 2.75) is 25.8 Å². The van der Waals surface area contributed by atoms with Crippen LogP contribution in [-0.2, 0) is 0 Å². The third-order valence-corrected chi connectivity index (χ3v) is 3.43. The molecule has 1 unspecified atom stereocenters. The van der Waals surface area contributed by atoms with Crippen molar-refractivity contribution < 1.29 is 4.92 Å². The molecule has 0 aromatic carbocycles. The van der Waals surface area contributed by atoms with Gasteiger partial charge in [0.2, 0.25) is 5.82 Å². The monoisotopic (exact) mass is 284 g/mol. The van der Waals surface area contributed by atoms with Crippen LogP contribution in [0.25, 0.3) is 0 Å². The van der Waals surface area contributed by atoms with Crippen LogP contribution in [0.4, 0.5) is 11.5 Å². The summed E-state index contributed by atoms with van der Waals surface area (Å²) in [6.45, 7) is 4.58. The third kappa shape index (κ3) is 3.13. The zero-order valence-corrected chi connectivity index (χ0v) is 11.6. The van der Waals surface area contributed by atoms with Gasteiger partial charge in [-0.1, -0.05) is 18.5 Å². The molecule has 0 saturated carbocycles. The lowest BCUT2D eigenvalue weighted by Gasteiger charge is -2.28. The number of halogens is 1. The SMILES string of the molecule is CCCN(c1ncc(Cl)cc1[N+](=O)[O-])C1CCNC1. The molecule has 1 aliphatic rings. The smallest absolute Gasteiger partial charge is 0.313 e. The van der Waals surface area contributed by atoms with Crippen LogP contribution < -0.4 is 10.2 Å². The molecule has 0 aliphatic carbocycles. The minimum absolute atomic E-state index is 0.0205. The number of nitrogens with zero attached hydrogens (tertiary/aromatic N) is 3. The first-order valence-electron chi connectivity index (χ1n) is 6.40. The number of rotatable bonds is 5. The van der Waals surface area contributed by atoms with E-state index in [4.69, 9.17) is 11.6 Å². The second-order valence-electron chi connectivity index (χ2n) is 4.59. The molecule has 1 N–H and O–H groups in total. The molecule has 1 saturated heterocycles. The molecule has 7 heteroatoms. The van der Waals surface area contributed by atoms with Crippen LogP contribution in [0, 0.1) is 10.1 Å². The van der Waals surface area contributed by atoms with Gasteiger partial charge in [-0.25, -0.2) is 4.98 Å². The van der Waals surface area contributed by atoms with Crippen LogP contribution in [0.2, 0.25) is 5.02 Å². The Morgan fingerprint density at radius 3 is 3.05 bits per heavy atom. The standard InChI is InChI=1S/C12H17ClN4O2/c1-2-5-16(10-3-4-14-8-10)12-11(17(18)19)6-9(13)7-15-12/h6-7,10,14H,2-5,8H2,1H3. The molecular formula is C12H17ClN4O2. The third-order valence-electron chi connectivity index (χ3n) is 3.22. The van der Waals surface area contributed by atoms with Crippen LogP contribution in [-0.4, -0.2) is 35.6 Å². The van der Waals surface area contributed by atoms with Gasteiger partial charge in [0.05, 0.1) is 9.95 Å². The van der Waals surface area contributed by atoms with Gasteiger partial charge in [0.25, 0.3) is 0 Å². The van der Waals surface area contributed by atoms with Crippen LogP contribution in [0.3, 0.4) is 0 Å². The van der Waals surface area contributed by atoms with Crippen molar-refractivity contribution in [3.05, 3.63) is 27.4 Å². The summed E-state index contributed by atoms with van der Waals surface area (Å²) in [5.74, 6) is 0.421. The fourth-order valence-corrected chi connectivity index (χ4v) is 2.54. The van der Waals surface area contributed by atoms with E-state index in [1.807, 2.05) is 4.90 Å². The maximum atomic E-state index is 11.2. The molecule has 0 amide bonds. The maximum Gasteiger partial charge on any atom is 0.313 e. The summed E-state index contributed by atoms with van der Waals surface area (Å²) in [6.07, 6.45) is 3.36. The molecule has 1 aromatic heterocycles. The molecule has 1 aromatic rings. The number of hydrogen-bond acceptors (Lipinski definition) is 5. The van der Waals surface area contributed by atoms with E-state index in [1.54, 1.807) is 0 Å². The molecular weight excluding hydrogens is 268 g/mol. The predicted molar refractivity (Wildman–Crippen MR) is 74.8 cm³/mol. The number of anilines is 1. The van der Waals surface area contributed by atoms with Gasteiger partial charge in [-0.15, -0.1) is 0 Å². The fraction of sp³-hybridized carbons (Fsp3) is 0.583. The Balaban J connectivity index is 2.37. The van der Waals surface area contributed by atoms with Crippen LogP contribution in [0.1, 0.15) is 19.8 Å². The summed E-state index contributed by atoms with van der Waals surface area (Å²) in [6, 6.07) is 1.63. The lowest BCUT2D eigenvalue weighted by Crippen LogP contribution is -2.38. The first kappa shape index (κ1) is 14.0. The van der Waals surface area contributed by atoms with Gasteiger partial charge in [-0.3, -0.25) is 10.1 Å². The van der Waals surface area contributed by atoms with Gasteiger partial charge >= 0.3 is 5.69 Å². The second kappa shape index (κ2) is 6.16. The lowest BCUT2D eigenvalue weighted by atomic mass is 10.2. The van der Waals surface area contributed by atoms with Gasteiger partial charge in [0.1, 0.15) is 0 Å².